The van der Waals surface area contributed by atoms with Gasteiger partial charge in [-0.1, -0.05) is 13.8 Å². The second-order valence-electron chi connectivity index (χ2n) is 32.1. The number of carbonyl (C=O) groups excluding carboxylic acids is 20. The zero-order valence-electron chi connectivity index (χ0n) is 77.9. The molecule has 0 saturated heterocycles. The molecule has 0 aromatic carbocycles. The molecule has 0 heterocycles. The number of aliphatic hydroxyl groups is 9. The van der Waals surface area contributed by atoms with Crippen LogP contribution in [-0.2, 0) is 105 Å². The second kappa shape index (κ2) is 65.3. The number of aliphatic carboxylic acids is 2. The molecule has 0 aromatic rings. The van der Waals surface area contributed by atoms with Gasteiger partial charge < -0.3 is 192 Å². The lowest BCUT2D eigenvalue weighted by Gasteiger charge is -2.28. The van der Waals surface area contributed by atoms with Crippen LogP contribution < -0.4 is 135 Å². The number of carboxylic acid groups (broad SMARTS) is 2. The molecule has 0 fully saturated rings. The Kier molecular flexibility index (Phi) is 59.4. The van der Waals surface area contributed by atoms with E-state index in [1.807, 2.05) is 31.9 Å². The van der Waals surface area contributed by atoms with Gasteiger partial charge in [-0.3, -0.25) is 106 Å². The van der Waals surface area contributed by atoms with Crippen LogP contribution in [0.5, 0.6) is 0 Å². The maximum atomic E-state index is 14.4. The highest BCUT2D eigenvalue weighted by molar-refractivity contribution is 7.98. The summed E-state index contributed by atoms with van der Waals surface area (Å²) in [6.45, 7) is 3.42. The van der Waals surface area contributed by atoms with Crippen molar-refractivity contribution in [3.05, 3.63) is 0 Å². The van der Waals surface area contributed by atoms with Gasteiger partial charge in [-0.15, -0.1) is 0 Å². The number of guanidine groups is 1. The number of nitrogens with zero attached hydrogens (tertiary/aromatic N) is 1. The predicted molar refractivity (Wildman–Crippen MR) is 482 cm³/mol. The minimum absolute atomic E-state index is 0.0897. The van der Waals surface area contributed by atoms with Gasteiger partial charge >= 0.3 is 11.9 Å². The van der Waals surface area contributed by atoms with Crippen molar-refractivity contribution in [2.45, 2.75) is 272 Å². The third kappa shape index (κ3) is 46.6. The number of aliphatic imine (C=N–C) groups is 1. The lowest BCUT2D eigenvalue weighted by Crippen LogP contribution is -2.64. The average molecular weight is 2000 g/mol. The number of aliphatic hydroxyl groups excluding tert-OH is 9. The van der Waals surface area contributed by atoms with Crippen molar-refractivity contribution < 1.29 is 162 Å². The summed E-state index contributed by atoms with van der Waals surface area (Å²) in [5.41, 5.74) is 33.2. The Morgan fingerprint density at radius 3 is 0.920 bits per heavy atom. The number of hydrogen-bond acceptors (Lipinski definition) is 36. The van der Waals surface area contributed by atoms with Gasteiger partial charge in [-0.05, 0) is 137 Å². The Balaban J connectivity index is 6.49. The van der Waals surface area contributed by atoms with E-state index in [1.54, 1.807) is 6.26 Å². The lowest BCUT2D eigenvalue weighted by atomic mass is 10.0. The van der Waals surface area contributed by atoms with Gasteiger partial charge in [0.1, 0.15) is 109 Å². The van der Waals surface area contributed by atoms with E-state index in [9.17, 15) is 157 Å². The zero-order valence-corrected chi connectivity index (χ0v) is 78.7. The Morgan fingerprint density at radius 1 is 0.312 bits per heavy atom. The number of primary amides is 1. The summed E-state index contributed by atoms with van der Waals surface area (Å²) in [5, 5.41) is 154. The SMILES string of the molecule is CSCC[C@H](NC(=O)[C@H](CO)NC(=O)[C@@H](NC(=O)[C@H](CO)NC(=O)[C@@H](NC(=O)[C@H](CO)NC(=O)[C@@H](NC(=O)CNC(=O)[C@@H](N)CCCN=C(N)N)[C@@H](C)O)[C@@H](C)O)[C@@H](C)O)C(=O)N[C@@H](CCCCN)C(=O)N[C@@H](CCCCN)C(=O)N[C@@H](C)C(=O)N[C@@H](CO)C(=O)N[C@@H](CO)C(=O)N[C@H](C(=O)N[C@@H](C)C(=O)N[C@@H](CC(N)=O)C(=O)N[C@H](C(=O)N[C@@H](C)C(=O)N[C@@H](CC(=O)O)C(=O)O)C(C)C)[C@@H](C)O. The molecule has 138 heavy (non-hydrogen) atoms. The molecule has 0 bridgehead atoms. The summed E-state index contributed by atoms with van der Waals surface area (Å²) in [5.74, 6) is -28.3. The van der Waals surface area contributed by atoms with Crippen molar-refractivity contribution in [1.29, 1.82) is 0 Å². The van der Waals surface area contributed by atoms with Crippen molar-refractivity contribution >= 4 is 148 Å². The molecule has 0 aromatic heterocycles. The van der Waals surface area contributed by atoms with Gasteiger partial charge in [0.2, 0.25) is 118 Å². The van der Waals surface area contributed by atoms with E-state index < -0.39 is 328 Å². The number of nitrogens with one attached hydrogen (secondary N) is 19. The Morgan fingerprint density at radius 2 is 0.594 bits per heavy atom. The number of carbonyl (C=O) groups is 22. The third-order valence-electron chi connectivity index (χ3n) is 20.0. The highest BCUT2D eigenvalue weighted by Crippen LogP contribution is 2.13. The minimum Gasteiger partial charge on any atom is -0.481 e. The molecular weight excluding hydrogens is 1860 g/mol. The molecule has 42 N–H and O–H groups in total. The van der Waals surface area contributed by atoms with E-state index in [4.69, 9.17) is 39.5 Å². The van der Waals surface area contributed by atoms with Crippen LogP contribution in [0.3, 0.4) is 0 Å². The molecule has 59 nitrogen and oxygen atoms in total. The van der Waals surface area contributed by atoms with Crippen LogP contribution in [0.1, 0.15) is 133 Å². The number of rotatable bonds is 68. The van der Waals surface area contributed by atoms with Crippen LogP contribution in [0.4, 0.5) is 0 Å². The maximum absolute atomic E-state index is 14.4. The molecule has 0 saturated carbocycles. The highest BCUT2D eigenvalue weighted by Gasteiger charge is 2.42. The van der Waals surface area contributed by atoms with Crippen LogP contribution >= 0.6 is 11.8 Å². The van der Waals surface area contributed by atoms with Gasteiger partial charge in [0.05, 0.1) is 82.9 Å². The van der Waals surface area contributed by atoms with Gasteiger partial charge in [0, 0.05) is 6.54 Å². The smallest absolute Gasteiger partial charge is 0.326 e. The molecule has 0 radical (unpaired) electrons. The Labute approximate surface area is 796 Å². The van der Waals surface area contributed by atoms with Gasteiger partial charge in [0.25, 0.3) is 0 Å². The third-order valence-corrected chi connectivity index (χ3v) is 20.7. The normalized spacial score (nSPS) is 16.1. The van der Waals surface area contributed by atoms with E-state index in [0.29, 0.717) is 6.42 Å². The second-order valence-corrected chi connectivity index (χ2v) is 33.1. The van der Waals surface area contributed by atoms with Crippen LogP contribution in [0, 0.1) is 5.92 Å². The number of amides is 20. The molecule has 20 amide bonds. The summed E-state index contributed by atoms with van der Waals surface area (Å²) >= 11 is 1.18. The summed E-state index contributed by atoms with van der Waals surface area (Å²) in [6.07, 6.45) is -6.92. The van der Waals surface area contributed by atoms with E-state index >= 15 is 0 Å². The standard InChI is InChI=1S/C78H138N26O33S/c1-32(2)54(72(131)88-35(5)60(119)94-45(77(136)137)25-53(116)117)101-66(125)44(24-51(82)114)93-59(118)34(4)89-73(132)56(37(7)111)102-69(128)48(29-107)96-68(127)46(27-105)95-61(120)33(3)87-63(122)41(17-11-13-20-79)90-64(123)42(18-12-14-21-80)91-65(124)43(19-23-138-10)92-67(126)47(28-106)97-75(134)57(38(8)112)103-71(130)50(31-109)99-76(135)58(39(9)113)104-70(129)49(30-108)98-74(133)55(36(6)110)100-52(115)26-86-62(121)40(81)16-15-22-85-78(83)84/h32-50,54-58,105-113H,11-31,79-81H2,1-10H3,(H2,82,114)(H,86,121)(H,87,122)(H,88,131)(H,89,132)(H,90,123)(H,91,124)(H,92,126)(H,93,118)(H,94,119)(H,95,120)(H,96,127)(H,97,134)(H,98,133)(H,99,135)(H,100,115)(H,101,125)(H,102,128)(H,103,130)(H,104,129)(H,116,117)(H,136,137)(H4,83,84,85)/t33-,34-,35-,36+,37+,38+,39+,40-,41-,42-,43-,44-,45-,46-,47-,48-,49-,50-,54-,55-,56-,57-,58-/m0/s1. The van der Waals surface area contributed by atoms with Crippen LogP contribution in [0.15, 0.2) is 4.99 Å². The van der Waals surface area contributed by atoms with E-state index in [-0.39, 0.29) is 82.7 Å². The van der Waals surface area contributed by atoms with Gasteiger partial charge in [0.15, 0.2) is 5.96 Å². The van der Waals surface area contributed by atoms with Crippen molar-refractivity contribution in [2.24, 2.45) is 45.3 Å². The molecule has 0 aliphatic heterocycles. The number of unbranched alkanes of at least 4 members (excludes halogenated alkanes) is 2. The Bertz CT molecular complexity index is 4130. The lowest BCUT2D eigenvalue weighted by molar-refractivity contribution is -0.147. The fourth-order valence-corrected chi connectivity index (χ4v) is 12.5. The first kappa shape index (κ1) is 125. The maximum Gasteiger partial charge on any atom is 0.326 e. The first-order valence-corrected chi connectivity index (χ1v) is 44.9. The van der Waals surface area contributed by atoms with Crippen molar-refractivity contribution in [3.63, 3.8) is 0 Å². The van der Waals surface area contributed by atoms with Gasteiger partial charge in [-0.2, -0.15) is 11.8 Å². The number of nitrogens with two attached hydrogens (primary N) is 6. The monoisotopic (exact) mass is 2000 g/mol. The van der Waals surface area contributed by atoms with E-state index in [1.165, 1.54) is 25.6 Å². The van der Waals surface area contributed by atoms with Crippen LogP contribution in [0.2, 0.25) is 0 Å². The van der Waals surface area contributed by atoms with Crippen molar-refractivity contribution in [2.75, 3.05) is 71.2 Å². The summed E-state index contributed by atoms with van der Waals surface area (Å²) in [4.78, 5) is 296. The minimum atomic E-state index is -2.10. The molecule has 60 heteroatoms. The Hall–Kier alpha value is -12.5. The topological polar surface area (TPSA) is 995 Å². The number of carboxylic acids is 2. The van der Waals surface area contributed by atoms with Crippen LogP contribution in [-0.4, -0.2) is 403 Å². The van der Waals surface area contributed by atoms with Gasteiger partial charge in [-0.25, -0.2) is 4.79 Å². The predicted octanol–water partition coefficient (Wildman–Crippen LogP) is -19.1. The summed E-state index contributed by atoms with van der Waals surface area (Å²) < 4.78 is 0. The van der Waals surface area contributed by atoms with E-state index in [0.717, 1.165) is 48.5 Å². The molecule has 23 atom stereocenters. The highest BCUT2D eigenvalue weighted by atomic mass is 32.2. The van der Waals surface area contributed by atoms with Crippen molar-refractivity contribution in [3.8, 4) is 0 Å². The number of hydrogen-bond donors (Lipinski definition) is 36. The number of thioether (sulfide) groups is 1. The molecule has 784 valence electrons. The van der Waals surface area contributed by atoms with Crippen LogP contribution in [0.25, 0.3) is 0 Å². The zero-order chi connectivity index (χ0) is 106. The fraction of sp³-hybridized carbons (Fsp3) is 0.705. The molecule has 0 aliphatic rings. The first-order chi connectivity index (χ1) is 64.6. The summed E-state index contributed by atoms with van der Waals surface area (Å²) in [6, 6.07) is -34.1. The summed E-state index contributed by atoms with van der Waals surface area (Å²) in [7, 11) is 0. The molecule has 0 spiro atoms. The quantitative estimate of drug-likeness (QED) is 0.0153. The average Bonchev–Trinajstić information content (AvgIpc) is 0.851. The largest absolute Gasteiger partial charge is 0.481 e. The molecule has 0 unspecified atom stereocenters. The first-order valence-electron chi connectivity index (χ1n) is 43.5. The fourth-order valence-electron chi connectivity index (χ4n) is 12.0. The molecular formula is C78H138N26O33S. The van der Waals surface area contributed by atoms with E-state index in [2.05, 4.69) is 74.1 Å². The molecule has 0 rings (SSSR count). The van der Waals surface area contributed by atoms with Crippen molar-refractivity contribution in [1.82, 2.24) is 101 Å². The molecule has 0 aliphatic carbocycles.